The molecule has 0 atom stereocenters. The minimum atomic E-state index is -0.770. The van der Waals surface area contributed by atoms with Crippen LogP contribution in [0.5, 0.6) is 11.5 Å². The molecule has 0 radical (unpaired) electrons. The first-order valence-electron chi connectivity index (χ1n) is 9.00. The highest BCUT2D eigenvalue weighted by Crippen LogP contribution is 2.39. The lowest BCUT2D eigenvalue weighted by Gasteiger charge is -2.15. The van der Waals surface area contributed by atoms with Crippen LogP contribution in [0.15, 0.2) is 109 Å². The highest BCUT2D eigenvalue weighted by atomic mass is 16.7. The number of rotatable bonds is 4. The predicted octanol–water partition coefficient (Wildman–Crippen LogP) is 6.60. The molecule has 4 aromatic carbocycles. The first kappa shape index (κ1) is 17.6. The van der Waals surface area contributed by atoms with E-state index in [1.54, 1.807) is 30.3 Å². The molecule has 0 unspecified atom stereocenters. The topological polar surface area (TPSA) is 35.5 Å². The van der Waals surface area contributed by atoms with Gasteiger partial charge in [0.25, 0.3) is 0 Å². The highest BCUT2D eigenvalue weighted by Gasteiger charge is 2.17. The van der Waals surface area contributed by atoms with Gasteiger partial charge in [-0.2, -0.15) is 0 Å². The van der Waals surface area contributed by atoms with Crippen LogP contribution in [0.25, 0.3) is 22.3 Å². The van der Waals surface area contributed by atoms with Crippen LogP contribution in [0.2, 0.25) is 0 Å². The Kier molecular flexibility index (Phi) is 5.16. The SMILES string of the molecule is O=C(Oc1ccccc1)Oc1cccc(-c2ccccc2)c1-c1ccccc1. The maximum Gasteiger partial charge on any atom is 0.519 e. The van der Waals surface area contributed by atoms with E-state index in [1.807, 2.05) is 78.9 Å². The molecule has 0 N–H and O–H groups in total. The van der Waals surface area contributed by atoms with Gasteiger partial charge in [-0.25, -0.2) is 4.79 Å². The molecule has 28 heavy (non-hydrogen) atoms. The van der Waals surface area contributed by atoms with Gasteiger partial charge >= 0.3 is 6.16 Å². The van der Waals surface area contributed by atoms with Crippen molar-refractivity contribution in [3.8, 4) is 33.8 Å². The average molecular weight is 366 g/mol. The summed E-state index contributed by atoms with van der Waals surface area (Å²) in [5.41, 5.74) is 3.84. The second-order valence-electron chi connectivity index (χ2n) is 6.18. The molecule has 3 nitrogen and oxygen atoms in total. The van der Waals surface area contributed by atoms with Crippen LogP contribution in [-0.2, 0) is 0 Å². The molecule has 0 aromatic heterocycles. The van der Waals surface area contributed by atoms with Gasteiger partial charge in [-0.1, -0.05) is 91.0 Å². The zero-order chi connectivity index (χ0) is 19.2. The molecular weight excluding hydrogens is 348 g/mol. The van der Waals surface area contributed by atoms with Crippen molar-refractivity contribution in [1.82, 2.24) is 0 Å². The van der Waals surface area contributed by atoms with Crippen LogP contribution in [-0.4, -0.2) is 6.16 Å². The molecule has 0 aliphatic heterocycles. The van der Waals surface area contributed by atoms with Crippen LogP contribution >= 0.6 is 0 Å². The van der Waals surface area contributed by atoms with E-state index in [1.165, 1.54) is 0 Å². The summed E-state index contributed by atoms with van der Waals surface area (Å²) < 4.78 is 10.9. The summed E-state index contributed by atoms with van der Waals surface area (Å²) >= 11 is 0. The van der Waals surface area contributed by atoms with Crippen LogP contribution < -0.4 is 9.47 Å². The fourth-order valence-electron chi connectivity index (χ4n) is 3.07. The Morgan fingerprint density at radius 1 is 0.536 bits per heavy atom. The van der Waals surface area contributed by atoms with Crippen molar-refractivity contribution in [2.24, 2.45) is 0 Å². The van der Waals surface area contributed by atoms with Gasteiger partial charge in [-0.15, -0.1) is 0 Å². The first-order chi connectivity index (χ1) is 13.8. The van der Waals surface area contributed by atoms with Crippen molar-refractivity contribution in [2.45, 2.75) is 0 Å². The molecule has 0 heterocycles. The predicted molar refractivity (Wildman–Crippen MR) is 110 cm³/mol. The number of para-hydroxylation sites is 1. The lowest BCUT2D eigenvalue weighted by atomic mass is 9.94. The van der Waals surface area contributed by atoms with Gasteiger partial charge < -0.3 is 9.47 Å². The van der Waals surface area contributed by atoms with Crippen LogP contribution in [0.3, 0.4) is 0 Å². The third kappa shape index (κ3) is 3.94. The number of benzene rings is 4. The lowest BCUT2D eigenvalue weighted by molar-refractivity contribution is 0.152. The largest absolute Gasteiger partial charge is 0.519 e. The van der Waals surface area contributed by atoms with Crippen molar-refractivity contribution in [3.05, 3.63) is 109 Å². The Balaban J connectivity index is 1.74. The molecule has 0 spiro atoms. The van der Waals surface area contributed by atoms with Gasteiger partial charge in [0.15, 0.2) is 0 Å². The highest BCUT2D eigenvalue weighted by molar-refractivity contribution is 5.89. The van der Waals surface area contributed by atoms with E-state index in [0.717, 1.165) is 22.3 Å². The fraction of sp³-hybridized carbons (Fsp3) is 0. The first-order valence-corrected chi connectivity index (χ1v) is 9.00. The van der Waals surface area contributed by atoms with Gasteiger partial charge in [0.1, 0.15) is 11.5 Å². The molecule has 0 bridgehead atoms. The molecule has 0 fully saturated rings. The maximum absolute atomic E-state index is 12.4. The van der Waals surface area contributed by atoms with E-state index < -0.39 is 6.16 Å². The standard InChI is InChI=1S/C25H18O3/c26-25(27-21-15-8-3-9-16-21)28-23-18-10-17-22(19-11-4-1-5-12-19)24(23)20-13-6-2-7-14-20/h1-18H. The van der Waals surface area contributed by atoms with Crippen molar-refractivity contribution in [2.75, 3.05) is 0 Å². The number of hydrogen-bond donors (Lipinski definition) is 0. The summed E-state index contributed by atoms with van der Waals surface area (Å²) in [6.07, 6.45) is -0.770. The Morgan fingerprint density at radius 3 is 1.75 bits per heavy atom. The Labute approximate surface area is 163 Å². The number of hydrogen-bond acceptors (Lipinski definition) is 3. The third-order valence-electron chi connectivity index (χ3n) is 4.31. The Morgan fingerprint density at radius 2 is 1.11 bits per heavy atom. The van der Waals surface area contributed by atoms with Crippen LogP contribution in [0.4, 0.5) is 4.79 Å². The minimum Gasteiger partial charge on any atom is -0.395 e. The second kappa shape index (κ2) is 8.23. The summed E-state index contributed by atoms with van der Waals surface area (Å²) in [5.74, 6) is 0.890. The summed E-state index contributed by atoms with van der Waals surface area (Å²) in [6, 6.07) is 34.4. The number of carbonyl (C=O) groups is 1. The normalized spacial score (nSPS) is 10.3. The quantitative estimate of drug-likeness (QED) is 0.301. The maximum atomic E-state index is 12.4. The van der Waals surface area contributed by atoms with E-state index in [9.17, 15) is 4.79 Å². The molecule has 0 saturated carbocycles. The number of carbonyl (C=O) groups excluding carboxylic acids is 1. The summed E-state index contributed by atoms with van der Waals surface area (Å²) in [4.78, 5) is 12.4. The van der Waals surface area contributed by atoms with Crippen molar-refractivity contribution in [1.29, 1.82) is 0 Å². The summed E-state index contributed by atoms with van der Waals surface area (Å²) in [5, 5.41) is 0. The lowest BCUT2D eigenvalue weighted by Crippen LogP contribution is -2.14. The molecule has 4 rings (SSSR count). The van der Waals surface area contributed by atoms with Crippen LogP contribution in [0.1, 0.15) is 0 Å². The van der Waals surface area contributed by atoms with Crippen molar-refractivity contribution >= 4 is 6.16 Å². The fourth-order valence-corrected chi connectivity index (χ4v) is 3.07. The average Bonchev–Trinajstić information content (AvgIpc) is 2.75. The van der Waals surface area contributed by atoms with E-state index in [4.69, 9.17) is 9.47 Å². The zero-order valence-electron chi connectivity index (χ0n) is 15.1. The molecule has 0 saturated heterocycles. The molecule has 0 aliphatic carbocycles. The molecule has 3 heteroatoms. The van der Waals surface area contributed by atoms with E-state index >= 15 is 0 Å². The third-order valence-corrected chi connectivity index (χ3v) is 4.31. The van der Waals surface area contributed by atoms with Gasteiger partial charge in [-0.3, -0.25) is 0 Å². The van der Waals surface area contributed by atoms with Crippen LogP contribution in [0, 0.1) is 0 Å². The molecule has 0 aliphatic rings. The van der Waals surface area contributed by atoms with E-state index in [-0.39, 0.29) is 0 Å². The van der Waals surface area contributed by atoms with Gasteiger partial charge in [0.05, 0.1) is 0 Å². The van der Waals surface area contributed by atoms with Gasteiger partial charge in [0.2, 0.25) is 0 Å². The van der Waals surface area contributed by atoms with E-state index in [0.29, 0.717) is 11.5 Å². The molecule has 136 valence electrons. The Hall–Kier alpha value is -3.85. The minimum absolute atomic E-state index is 0.438. The molecular formula is C25H18O3. The monoisotopic (exact) mass is 366 g/mol. The summed E-state index contributed by atoms with van der Waals surface area (Å²) in [7, 11) is 0. The Bertz CT molecular complexity index is 1060. The van der Waals surface area contributed by atoms with Gasteiger partial charge in [0, 0.05) is 5.56 Å². The second-order valence-corrected chi connectivity index (χ2v) is 6.18. The van der Waals surface area contributed by atoms with Crippen molar-refractivity contribution in [3.63, 3.8) is 0 Å². The molecule has 0 amide bonds. The smallest absolute Gasteiger partial charge is 0.395 e. The van der Waals surface area contributed by atoms with Crippen molar-refractivity contribution < 1.29 is 14.3 Å². The van der Waals surface area contributed by atoms with E-state index in [2.05, 4.69) is 0 Å². The number of ether oxygens (including phenoxy) is 2. The van der Waals surface area contributed by atoms with Gasteiger partial charge in [-0.05, 0) is 34.9 Å². The zero-order valence-corrected chi connectivity index (χ0v) is 15.1. The molecule has 4 aromatic rings. The summed E-state index contributed by atoms with van der Waals surface area (Å²) in [6.45, 7) is 0.